The van der Waals surface area contributed by atoms with E-state index in [1.54, 1.807) is 4.90 Å². The van der Waals surface area contributed by atoms with Gasteiger partial charge in [-0.2, -0.15) is 0 Å². The molecule has 0 spiro atoms. The van der Waals surface area contributed by atoms with Crippen molar-refractivity contribution in [3.8, 4) is 0 Å². The lowest BCUT2D eigenvalue weighted by molar-refractivity contribution is -0.136. The molecule has 2 saturated heterocycles. The van der Waals surface area contributed by atoms with Crippen LogP contribution in [-0.4, -0.2) is 66.3 Å². The molecule has 0 aliphatic carbocycles. The number of unbranched alkanes of at least 4 members (excludes halogenated alkanes) is 1. The third-order valence-corrected chi connectivity index (χ3v) is 8.09. The molecule has 0 aromatic heterocycles. The van der Waals surface area contributed by atoms with Crippen molar-refractivity contribution in [1.82, 2.24) is 15.1 Å². The number of halogens is 2. The Morgan fingerprint density at radius 1 is 0.917 bits per heavy atom. The molecule has 0 bridgehead atoms. The molecule has 5 rings (SSSR count). The highest BCUT2D eigenvalue weighted by Crippen LogP contribution is 2.34. The second-order valence-electron chi connectivity index (χ2n) is 9.70. The Morgan fingerprint density at radius 3 is 2.36 bits per heavy atom. The van der Waals surface area contributed by atoms with Gasteiger partial charge in [-0.1, -0.05) is 41.4 Å². The molecule has 190 valence electrons. The first-order valence-electron chi connectivity index (χ1n) is 12.6. The first-order chi connectivity index (χ1) is 17.4. The van der Waals surface area contributed by atoms with Crippen LogP contribution in [0.25, 0.3) is 0 Å². The number of piperazine rings is 1. The van der Waals surface area contributed by atoms with E-state index in [0.717, 1.165) is 63.2 Å². The maximum absolute atomic E-state index is 13.0. The van der Waals surface area contributed by atoms with Gasteiger partial charge >= 0.3 is 0 Å². The predicted octanol–water partition coefficient (Wildman–Crippen LogP) is 3.90. The molecular formula is C27H30Cl2N4O3. The highest BCUT2D eigenvalue weighted by Gasteiger charge is 2.39. The summed E-state index contributed by atoms with van der Waals surface area (Å²) in [6, 6.07) is 10.9. The number of hydrogen-bond donors (Lipinski definition) is 1. The normalized spacial score (nSPS) is 20.6. The zero-order valence-corrected chi connectivity index (χ0v) is 21.7. The Labute approximate surface area is 221 Å². The Morgan fingerprint density at radius 2 is 1.64 bits per heavy atom. The van der Waals surface area contributed by atoms with Crippen molar-refractivity contribution in [3.05, 3.63) is 63.1 Å². The van der Waals surface area contributed by atoms with Crippen LogP contribution in [0.2, 0.25) is 10.0 Å². The van der Waals surface area contributed by atoms with Gasteiger partial charge in [0, 0.05) is 44.7 Å². The van der Waals surface area contributed by atoms with Crippen LogP contribution >= 0.6 is 23.2 Å². The van der Waals surface area contributed by atoms with Crippen molar-refractivity contribution in [2.45, 2.75) is 44.7 Å². The lowest BCUT2D eigenvalue weighted by Crippen LogP contribution is -2.52. The first-order valence-corrected chi connectivity index (χ1v) is 13.3. The number of imide groups is 1. The van der Waals surface area contributed by atoms with Crippen molar-refractivity contribution >= 4 is 46.6 Å². The summed E-state index contributed by atoms with van der Waals surface area (Å²) >= 11 is 12.8. The minimum Gasteiger partial charge on any atom is -0.367 e. The van der Waals surface area contributed by atoms with Gasteiger partial charge in [-0.15, -0.1) is 0 Å². The van der Waals surface area contributed by atoms with Gasteiger partial charge in [-0.3, -0.25) is 24.6 Å². The molecule has 2 aromatic rings. The van der Waals surface area contributed by atoms with Crippen molar-refractivity contribution in [3.63, 3.8) is 0 Å². The van der Waals surface area contributed by atoms with Gasteiger partial charge in [-0.25, -0.2) is 0 Å². The Hall–Kier alpha value is -2.61. The quantitative estimate of drug-likeness (QED) is 0.435. The van der Waals surface area contributed by atoms with Crippen molar-refractivity contribution in [2.24, 2.45) is 0 Å². The molecule has 3 amide bonds. The van der Waals surface area contributed by atoms with E-state index in [1.807, 2.05) is 30.3 Å². The molecule has 36 heavy (non-hydrogen) atoms. The van der Waals surface area contributed by atoms with Crippen LogP contribution in [0, 0.1) is 0 Å². The number of piperidine rings is 1. The van der Waals surface area contributed by atoms with Crippen LogP contribution in [0.1, 0.15) is 47.2 Å². The van der Waals surface area contributed by atoms with E-state index in [9.17, 15) is 14.4 Å². The number of nitrogens with zero attached hydrogens (tertiary/aromatic N) is 3. The minimum absolute atomic E-state index is 0.113. The number of para-hydroxylation sites is 1. The van der Waals surface area contributed by atoms with E-state index in [0.29, 0.717) is 28.6 Å². The third kappa shape index (κ3) is 5.10. The summed E-state index contributed by atoms with van der Waals surface area (Å²) in [5.74, 6) is -0.751. The summed E-state index contributed by atoms with van der Waals surface area (Å²) in [5, 5.41) is 3.76. The zero-order valence-electron chi connectivity index (χ0n) is 20.1. The number of amides is 3. The molecule has 7 nitrogen and oxygen atoms in total. The first kappa shape index (κ1) is 25.1. The maximum Gasteiger partial charge on any atom is 0.255 e. The number of fused-ring (bicyclic) bond motifs is 1. The van der Waals surface area contributed by atoms with E-state index < -0.39 is 6.04 Å². The Balaban J connectivity index is 1.12. The number of nitrogens with one attached hydrogen (secondary N) is 1. The molecule has 1 N–H and O–H groups in total. The number of benzene rings is 2. The SMILES string of the molecule is O=C1CCC(N2Cc3c(CCCCN4CCN(c5c(Cl)cccc5Cl)CC4)cccc3C2=O)C(=O)N1. The highest BCUT2D eigenvalue weighted by atomic mass is 35.5. The smallest absolute Gasteiger partial charge is 0.255 e. The topological polar surface area (TPSA) is 73.0 Å². The standard InChI is InChI=1S/C27H30Cl2N4O3/c28-21-8-4-9-22(29)25(21)32-15-13-31(14-16-32)12-2-1-5-18-6-3-7-19-20(18)17-33(27(19)36)23-10-11-24(34)30-26(23)35/h3-4,6-9,23H,1-2,5,10-17H2,(H,30,34,35). The van der Waals surface area contributed by atoms with Gasteiger partial charge in [0.05, 0.1) is 15.7 Å². The van der Waals surface area contributed by atoms with Crippen LogP contribution in [0.3, 0.4) is 0 Å². The Kier molecular flexibility index (Phi) is 7.51. The average molecular weight is 529 g/mol. The highest BCUT2D eigenvalue weighted by molar-refractivity contribution is 6.39. The largest absolute Gasteiger partial charge is 0.367 e. The van der Waals surface area contributed by atoms with Crippen molar-refractivity contribution in [2.75, 3.05) is 37.6 Å². The second kappa shape index (κ2) is 10.8. The number of carbonyl (C=O) groups is 3. The average Bonchev–Trinajstić information content (AvgIpc) is 3.19. The van der Waals surface area contributed by atoms with Crippen molar-refractivity contribution in [1.29, 1.82) is 0 Å². The summed E-state index contributed by atoms with van der Waals surface area (Å²) in [7, 11) is 0. The number of anilines is 1. The minimum atomic E-state index is -0.574. The van der Waals surface area contributed by atoms with E-state index in [4.69, 9.17) is 23.2 Å². The fraction of sp³-hybridized carbons (Fsp3) is 0.444. The molecule has 3 aliphatic heterocycles. The molecule has 1 atom stereocenters. The summed E-state index contributed by atoms with van der Waals surface area (Å²) in [4.78, 5) is 43.2. The fourth-order valence-corrected chi connectivity index (χ4v) is 6.16. The van der Waals surface area contributed by atoms with Gasteiger partial charge in [0.15, 0.2) is 0 Å². The lowest BCUT2D eigenvalue weighted by atomic mass is 9.98. The molecule has 2 fully saturated rings. The molecule has 3 aliphatic rings. The summed E-state index contributed by atoms with van der Waals surface area (Å²) in [6.07, 6.45) is 3.65. The lowest BCUT2D eigenvalue weighted by Gasteiger charge is -2.36. The van der Waals surface area contributed by atoms with E-state index in [-0.39, 0.29) is 24.1 Å². The van der Waals surface area contributed by atoms with Gasteiger partial charge in [0.2, 0.25) is 11.8 Å². The van der Waals surface area contributed by atoms with Crippen LogP contribution < -0.4 is 10.2 Å². The fourth-order valence-electron chi connectivity index (χ4n) is 5.52. The summed E-state index contributed by atoms with van der Waals surface area (Å²) < 4.78 is 0. The van der Waals surface area contributed by atoms with Crippen LogP contribution in [0.15, 0.2) is 36.4 Å². The Bertz CT molecular complexity index is 1160. The van der Waals surface area contributed by atoms with Gasteiger partial charge in [0.25, 0.3) is 5.91 Å². The molecule has 2 aromatic carbocycles. The molecule has 3 heterocycles. The maximum atomic E-state index is 13.0. The predicted molar refractivity (Wildman–Crippen MR) is 141 cm³/mol. The van der Waals surface area contributed by atoms with Crippen LogP contribution in [-0.2, 0) is 22.6 Å². The second-order valence-corrected chi connectivity index (χ2v) is 10.5. The zero-order chi connectivity index (χ0) is 25.2. The van der Waals surface area contributed by atoms with E-state index >= 15 is 0 Å². The monoisotopic (exact) mass is 528 g/mol. The van der Waals surface area contributed by atoms with Gasteiger partial charge in [0.1, 0.15) is 6.04 Å². The summed E-state index contributed by atoms with van der Waals surface area (Å²) in [6.45, 7) is 5.20. The van der Waals surface area contributed by atoms with Crippen molar-refractivity contribution < 1.29 is 14.4 Å². The van der Waals surface area contributed by atoms with E-state index in [1.165, 1.54) is 5.56 Å². The molecule has 0 saturated carbocycles. The number of hydrogen-bond acceptors (Lipinski definition) is 5. The summed E-state index contributed by atoms with van der Waals surface area (Å²) in [5.41, 5.74) is 3.82. The van der Waals surface area contributed by atoms with Gasteiger partial charge < -0.3 is 9.80 Å². The number of rotatable bonds is 7. The van der Waals surface area contributed by atoms with Gasteiger partial charge in [-0.05, 0) is 61.6 Å². The molecular weight excluding hydrogens is 499 g/mol. The molecule has 9 heteroatoms. The van der Waals surface area contributed by atoms with Crippen LogP contribution in [0.4, 0.5) is 5.69 Å². The number of aryl methyl sites for hydroxylation is 1. The van der Waals surface area contributed by atoms with Crippen LogP contribution in [0.5, 0.6) is 0 Å². The molecule has 1 unspecified atom stereocenters. The van der Waals surface area contributed by atoms with E-state index in [2.05, 4.69) is 21.2 Å². The molecule has 0 radical (unpaired) electrons. The number of carbonyl (C=O) groups excluding carboxylic acids is 3. The third-order valence-electron chi connectivity index (χ3n) is 7.48.